The second-order valence-electron chi connectivity index (χ2n) is 3.99. The van der Waals surface area contributed by atoms with Gasteiger partial charge in [0.1, 0.15) is 11.3 Å². The van der Waals surface area contributed by atoms with Gasteiger partial charge in [0.25, 0.3) is 11.6 Å². The predicted octanol–water partition coefficient (Wildman–Crippen LogP) is 1.46. The number of phenolic OH excluding ortho intramolecular Hbond substituents is 1. The van der Waals surface area contributed by atoms with E-state index in [9.17, 15) is 20.0 Å². The molecule has 7 nitrogen and oxygen atoms in total. The maximum Gasteiger partial charge on any atom is 0.282 e. The second-order valence-corrected chi connectivity index (χ2v) is 3.99. The van der Waals surface area contributed by atoms with E-state index in [-0.39, 0.29) is 23.0 Å². The summed E-state index contributed by atoms with van der Waals surface area (Å²) in [6, 6.07) is 3.11. The van der Waals surface area contributed by atoms with E-state index < -0.39 is 10.8 Å². The van der Waals surface area contributed by atoms with Gasteiger partial charge in [0.05, 0.1) is 17.6 Å². The number of nitrogens with zero attached hydrogens (tertiary/aromatic N) is 1. The average molecular weight is 268 g/mol. The number of hydrogen-bond acceptors (Lipinski definition) is 5. The number of nitro groups is 1. The topological polar surface area (TPSA) is 102 Å². The number of methoxy groups -OCH3 is 1. The summed E-state index contributed by atoms with van der Waals surface area (Å²) in [7, 11) is 1.51. The molecule has 0 aromatic heterocycles. The van der Waals surface area contributed by atoms with Crippen LogP contribution in [0.4, 0.5) is 5.69 Å². The zero-order valence-corrected chi connectivity index (χ0v) is 10.8. The van der Waals surface area contributed by atoms with E-state index in [1.165, 1.54) is 13.2 Å². The Morgan fingerprint density at radius 1 is 1.58 bits per heavy atom. The third kappa shape index (κ3) is 3.92. The average Bonchev–Trinajstić information content (AvgIpc) is 2.37. The van der Waals surface area contributed by atoms with Gasteiger partial charge in [0, 0.05) is 13.2 Å². The lowest BCUT2D eigenvalue weighted by Crippen LogP contribution is -2.37. The molecular weight excluding hydrogens is 252 g/mol. The van der Waals surface area contributed by atoms with Crippen molar-refractivity contribution >= 4 is 11.6 Å². The van der Waals surface area contributed by atoms with Gasteiger partial charge < -0.3 is 15.2 Å². The molecule has 7 heteroatoms. The molecule has 1 atom stereocenters. The summed E-state index contributed by atoms with van der Waals surface area (Å²) in [6.07, 6.45) is 0.631. The fraction of sp³-hybridized carbons (Fsp3) is 0.417. The zero-order valence-electron chi connectivity index (χ0n) is 10.8. The Labute approximate surface area is 110 Å². The number of nitro benzene ring substituents is 1. The number of hydrogen-bond donors (Lipinski definition) is 2. The molecule has 2 N–H and O–H groups in total. The summed E-state index contributed by atoms with van der Waals surface area (Å²) in [5, 5.41) is 22.8. The largest absolute Gasteiger partial charge is 0.508 e. The first-order chi connectivity index (χ1) is 8.99. The summed E-state index contributed by atoms with van der Waals surface area (Å²) in [5.74, 6) is -0.804. The Morgan fingerprint density at radius 2 is 2.26 bits per heavy atom. The third-order valence-corrected chi connectivity index (χ3v) is 2.62. The number of benzene rings is 1. The fourth-order valence-electron chi connectivity index (χ4n) is 1.59. The van der Waals surface area contributed by atoms with Crippen LogP contribution in [0, 0.1) is 10.1 Å². The molecule has 1 aromatic carbocycles. The maximum absolute atomic E-state index is 12.0. The van der Waals surface area contributed by atoms with Crippen molar-refractivity contribution in [1.82, 2.24) is 5.32 Å². The van der Waals surface area contributed by atoms with Crippen LogP contribution in [0.1, 0.15) is 23.7 Å². The highest BCUT2D eigenvalue weighted by molar-refractivity contribution is 5.98. The van der Waals surface area contributed by atoms with E-state index in [0.29, 0.717) is 13.0 Å². The highest BCUT2D eigenvalue weighted by Gasteiger charge is 2.22. The minimum absolute atomic E-state index is 0.167. The Bertz CT molecular complexity index is 475. The molecule has 0 heterocycles. The SMILES string of the molecule is CCC(COC)NC(=O)c1cc(O)ccc1[N+](=O)[O-]. The van der Waals surface area contributed by atoms with Crippen LogP contribution in [0.5, 0.6) is 5.75 Å². The minimum Gasteiger partial charge on any atom is -0.508 e. The molecule has 0 bridgehead atoms. The highest BCUT2D eigenvalue weighted by atomic mass is 16.6. The van der Waals surface area contributed by atoms with Crippen molar-refractivity contribution in [3.63, 3.8) is 0 Å². The van der Waals surface area contributed by atoms with Gasteiger partial charge in [-0.15, -0.1) is 0 Å². The van der Waals surface area contributed by atoms with Crippen LogP contribution in [-0.4, -0.2) is 35.7 Å². The summed E-state index contributed by atoms with van der Waals surface area (Å²) in [4.78, 5) is 22.2. The van der Waals surface area contributed by atoms with Crippen LogP contribution in [0.15, 0.2) is 18.2 Å². The summed E-state index contributed by atoms with van der Waals surface area (Å²) < 4.78 is 4.94. The standard InChI is InChI=1S/C12H16N2O5/c1-3-8(7-19-2)13-12(16)10-6-9(15)4-5-11(10)14(17)18/h4-6,8,15H,3,7H2,1-2H3,(H,13,16). The lowest BCUT2D eigenvalue weighted by atomic mass is 10.1. The van der Waals surface area contributed by atoms with E-state index in [4.69, 9.17) is 4.74 Å². The van der Waals surface area contributed by atoms with Crippen molar-refractivity contribution < 1.29 is 19.6 Å². The number of nitrogens with one attached hydrogen (secondary N) is 1. The van der Waals surface area contributed by atoms with Gasteiger partial charge in [-0.1, -0.05) is 6.92 Å². The van der Waals surface area contributed by atoms with Crippen LogP contribution < -0.4 is 5.32 Å². The fourth-order valence-corrected chi connectivity index (χ4v) is 1.59. The zero-order chi connectivity index (χ0) is 14.4. The van der Waals surface area contributed by atoms with E-state index in [1.807, 2.05) is 6.92 Å². The number of aromatic hydroxyl groups is 1. The molecular formula is C12H16N2O5. The van der Waals surface area contributed by atoms with Crippen molar-refractivity contribution in [2.75, 3.05) is 13.7 Å². The maximum atomic E-state index is 12.0. The van der Waals surface area contributed by atoms with E-state index >= 15 is 0 Å². The Kier molecular flexibility index (Phi) is 5.25. The molecule has 0 radical (unpaired) electrons. The molecule has 19 heavy (non-hydrogen) atoms. The van der Waals surface area contributed by atoms with Gasteiger partial charge in [-0.2, -0.15) is 0 Å². The lowest BCUT2D eigenvalue weighted by Gasteiger charge is -2.15. The number of amides is 1. The molecule has 0 aliphatic carbocycles. The molecule has 0 aliphatic heterocycles. The van der Waals surface area contributed by atoms with Crippen molar-refractivity contribution in [3.05, 3.63) is 33.9 Å². The van der Waals surface area contributed by atoms with Crippen molar-refractivity contribution in [2.24, 2.45) is 0 Å². The van der Waals surface area contributed by atoms with Crippen molar-refractivity contribution in [1.29, 1.82) is 0 Å². The van der Waals surface area contributed by atoms with E-state index in [1.54, 1.807) is 0 Å². The summed E-state index contributed by atoms with van der Waals surface area (Å²) in [5.41, 5.74) is -0.512. The quantitative estimate of drug-likeness (QED) is 0.600. The summed E-state index contributed by atoms with van der Waals surface area (Å²) in [6.45, 7) is 2.18. The van der Waals surface area contributed by atoms with Crippen LogP contribution in [-0.2, 0) is 4.74 Å². The molecule has 0 saturated carbocycles. The van der Waals surface area contributed by atoms with Gasteiger partial charge in [-0.3, -0.25) is 14.9 Å². The van der Waals surface area contributed by atoms with Gasteiger partial charge in [0.2, 0.25) is 0 Å². The third-order valence-electron chi connectivity index (χ3n) is 2.62. The van der Waals surface area contributed by atoms with Gasteiger partial charge in [-0.25, -0.2) is 0 Å². The number of ether oxygens (including phenoxy) is 1. The van der Waals surface area contributed by atoms with Gasteiger partial charge >= 0.3 is 0 Å². The van der Waals surface area contributed by atoms with Crippen LogP contribution in [0.2, 0.25) is 0 Å². The molecule has 1 amide bonds. The molecule has 1 aromatic rings. The monoisotopic (exact) mass is 268 g/mol. The second kappa shape index (κ2) is 6.69. The molecule has 0 fully saturated rings. The van der Waals surface area contributed by atoms with Crippen LogP contribution in [0.3, 0.4) is 0 Å². The highest BCUT2D eigenvalue weighted by Crippen LogP contribution is 2.23. The Hall–Kier alpha value is -2.15. The molecule has 0 saturated heterocycles. The van der Waals surface area contributed by atoms with Crippen molar-refractivity contribution in [3.8, 4) is 5.75 Å². The summed E-state index contributed by atoms with van der Waals surface area (Å²) >= 11 is 0. The van der Waals surface area contributed by atoms with Crippen LogP contribution >= 0.6 is 0 Å². The molecule has 0 spiro atoms. The van der Waals surface area contributed by atoms with Gasteiger partial charge in [-0.05, 0) is 18.6 Å². The number of carbonyl (C=O) groups excluding carboxylic acids is 1. The first-order valence-corrected chi connectivity index (χ1v) is 5.76. The molecule has 1 rings (SSSR count). The first kappa shape index (κ1) is 14.9. The molecule has 1 unspecified atom stereocenters. The minimum atomic E-state index is -0.661. The van der Waals surface area contributed by atoms with Crippen LogP contribution in [0.25, 0.3) is 0 Å². The van der Waals surface area contributed by atoms with E-state index in [2.05, 4.69) is 5.32 Å². The molecule has 0 aliphatic rings. The van der Waals surface area contributed by atoms with Gasteiger partial charge in [0.15, 0.2) is 0 Å². The smallest absolute Gasteiger partial charge is 0.282 e. The number of rotatable bonds is 6. The van der Waals surface area contributed by atoms with Crippen molar-refractivity contribution in [2.45, 2.75) is 19.4 Å². The first-order valence-electron chi connectivity index (χ1n) is 5.76. The Balaban J connectivity index is 2.98. The number of carbonyl (C=O) groups is 1. The number of phenols is 1. The predicted molar refractivity (Wildman–Crippen MR) is 68.2 cm³/mol. The normalized spacial score (nSPS) is 11.9. The lowest BCUT2D eigenvalue weighted by molar-refractivity contribution is -0.385. The Morgan fingerprint density at radius 3 is 2.79 bits per heavy atom. The molecule has 104 valence electrons. The van der Waals surface area contributed by atoms with E-state index in [0.717, 1.165) is 12.1 Å².